The molecule has 0 aromatic carbocycles. The maximum absolute atomic E-state index is 12.0. The third kappa shape index (κ3) is 2.52. The first-order valence-corrected chi connectivity index (χ1v) is 5.63. The first-order valence-electron chi connectivity index (χ1n) is 5.63. The molecule has 1 atom stereocenters. The molecule has 19 heavy (non-hydrogen) atoms. The predicted octanol–water partition coefficient (Wildman–Crippen LogP) is 0.337. The van der Waals surface area contributed by atoms with Gasteiger partial charge in [0.15, 0.2) is 0 Å². The van der Waals surface area contributed by atoms with E-state index in [1.165, 1.54) is 0 Å². The lowest BCUT2D eigenvalue weighted by Gasteiger charge is -2.26. The molecule has 0 aromatic heterocycles. The summed E-state index contributed by atoms with van der Waals surface area (Å²) in [5.74, 6) is -2.14. The number of ether oxygens (including phenoxy) is 3. The maximum atomic E-state index is 12.0. The quantitative estimate of drug-likeness (QED) is 0.730. The van der Waals surface area contributed by atoms with Crippen LogP contribution in [0, 0.1) is 16.7 Å². The van der Waals surface area contributed by atoms with Gasteiger partial charge in [0.25, 0.3) is 0 Å². The molecule has 0 spiro atoms. The summed E-state index contributed by atoms with van der Waals surface area (Å²) in [7, 11) is 0. The van der Waals surface area contributed by atoms with E-state index in [1.807, 2.05) is 0 Å². The van der Waals surface area contributed by atoms with Gasteiger partial charge < -0.3 is 19.9 Å². The van der Waals surface area contributed by atoms with E-state index < -0.39 is 17.4 Å². The topological polar surface area (TPSA) is 112 Å². The molecule has 102 valence electrons. The van der Waals surface area contributed by atoms with Gasteiger partial charge in [0, 0.05) is 0 Å². The van der Waals surface area contributed by atoms with Gasteiger partial charge in [-0.05, 0) is 19.9 Å². The lowest BCUT2D eigenvalue weighted by atomic mass is 9.80. The molecule has 0 radical (unpaired) electrons. The highest BCUT2D eigenvalue weighted by atomic mass is 16.5. The molecule has 7 heteroatoms. The minimum atomic E-state index is -1.94. The molecule has 1 unspecified atom stereocenters. The predicted molar refractivity (Wildman–Crippen MR) is 62.8 cm³/mol. The van der Waals surface area contributed by atoms with Gasteiger partial charge in [0.2, 0.25) is 11.3 Å². The lowest BCUT2D eigenvalue weighted by Crippen LogP contribution is -2.39. The molecule has 0 aromatic rings. The number of nitriles is 1. The Hall–Kier alpha value is -2.49. The summed E-state index contributed by atoms with van der Waals surface area (Å²) in [6.07, 6.45) is 2.19. The highest BCUT2D eigenvalue weighted by Gasteiger charge is 2.50. The third-order valence-electron chi connectivity index (χ3n) is 2.41. The Balaban J connectivity index is 3.31. The number of hydrogen-bond acceptors (Lipinski definition) is 7. The number of hydrogen-bond donors (Lipinski definition) is 1. The maximum Gasteiger partial charge on any atom is 0.342 e. The van der Waals surface area contributed by atoms with Gasteiger partial charge in [-0.3, -0.25) is 0 Å². The molecule has 1 rings (SSSR count). The van der Waals surface area contributed by atoms with Gasteiger partial charge in [0.1, 0.15) is 5.57 Å². The summed E-state index contributed by atoms with van der Waals surface area (Å²) in [6, 6.07) is 1.74. The third-order valence-corrected chi connectivity index (χ3v) is 2.41. The van der Waals surface area contributed by atoms with Crippen molar-refractivity contribution in [1.82, 2.24) is 0 Å². The van der Waals surface area contributed by atoms with E-state index in [-0.39, 0.29) is 24.7 Å². The number of esters is 2. The van der Waals surface area contributed by atoms with Gasteiger partial charge in [-0.1, -0.05) is 0 Å². The molecular weight excluding hydrogens is 252 g/mol. The van der Waals surface area contributed by atoms with Gasteiger partial charge in [-0.15, -0.1) is 0 Å². The van der Waals surface area contributed by atoms with E-state index in [2.05, 4.69) is 0 Å². The zero-order valence-electron chi connectivity index (χ0n) is 10.6. The Kier molecular flexibility index (Phi) is 4.53. The summed E-state index contributed by atoms with van der Waals surface area (Å²) in [5.41, 5.74) is 3.24. The molecule has 7 nitrogen and oxygen atoms in total. The second-order valence-corrected chi connectivity index (χ2v) is 3.52. The molecule has 1 aliphatic heterocycles. The number of nitrogens with zero attached hydrogens (tertiary/aromatic N) is 1. The molecule has 0 amide bonds. The molecule has 1 aliphatic rings. The Bertz CT molecular complexity index is 489. The van der Waals surface area contributed by atoms with Crippen LogP contribution in [0.3, 0.4) is 0 Å². The van der Waals surface area contributed by atoms with Crippen molar-refractivity contribution in [2.24, 2.45) is 11.1 Å². The number of nitrogens with two attached hydrogens (primary N) is 1. The zero-order valence-corrected chi connectivity index (χ0v) is 10.6. The van der Waals surface area contributed by atoms with Crippen molar-refractivity contribution >= 4 is 11.9 Å². The van der Waals surface area contributed by atoms with Crippen molar-refractivity contribution in [3.05, 3.63) is 23.8 Å². The van der Waals surface area contributed by atoms with Gasteiger partial charge in [0.05, 0.1) is 25.5 Å². The van der Waals surface area contributed by atoms with Crippen LogP contribution in [-0.4, -0.2) is 25.2 Å². The largest absolute Gasteiger partial charge is 0.464 e. The van der Waals surface area contributed by atoms with Gasteiger partial charge in [-0.2, -0.15) is 5.26 Å². The van der Waals surface area contributed by atoms with E-state index in [0.717, 1.165) is 12.3 Å². The Labute approximate surface area is 110 Å². The van der Waals surface area contributed by atoms with Crippen LogP contribution >= 0.6 is 0 Å². The molecule has 0 fully saturated rings. The summed E-state index contributed by atoms with van der Waals surface area (Å²) in [6.45, 7) is 3.31. The zero-order chi connectivity index (χ0) is 14.5. The highest BCUT2D eigenvalue weighted by molar-refractivity contribution is 6.02. The summed E-state index contributed by atoms with van der Waals surface area (Å²) >= 11 is 0. The van der Waals surface area contributed by atoms with Crippen LogP contribution < -0.4 is 5.73 Å². The van der Waals surface area contributed by atoms with E-state index in [0.29, 0.717) is 0 Å². The smallest absolute Gasteiger partial charge is 0.342 e. The summed E-state index contributed by atoms with van der Waals surface area (Å²) in [4.78, 5) is 23.8. The molecule has 0 bridgehead atoms. The van der Waals surface area contributed by atoms with Crippen LogP contribution in [0.4, 0.5) is 0 Å². The minimum absolute atomic E-state index is 0.0625. The van der Waals surface area contributed by atoms with Crippen molar-refractivity contribution in [3.8, 4) is 6.07 Å². The SMILES string of the molecule is CCOC(=O)C1=C(N)OC=CC1(C#N)C(=O)OCC. The van der Waals surface area contributed by atoms with E-state index in [1.54, 1.807) is 19.9 Å². The first kappa shape index (κ1) is 14.6. The van der Waals surface area contributed by atoms with Gasteiger partial charge in [-0.25, -0.2) is 9.59 Å². The van der Waals surface area contributed by atoms with E-state index >= 15 is 0 Å². The molecule has 0 saturated heterocycles. The standard InChI is InChI=1S/C12H14N2O5/c1-3-17-10(15)8-9(14)19-6-5-12(8,7-13)11(16)18-4-2/h5-6H,3-4,14H2,1-2H3. The number of carbonyl (C=O) groups is 2. The van der Waals surface area contributed by atoms with Gasteiger partial charge >= 0.3 is 11.9 Å². The van der Waals surface area contributed by atoms with Crippen LogP contribution in [0.1, 0.15) is 13.8 Å². The lowest BCUT2D eigenvalue weighted by molar-refractivity contribution is -0.152. The van der Waals surface area contributed by atoms with Crippen LogP contribution in [0.5, 0.6) is 0 Å². The van der Waals surface area contributed by atoms with Crippen LogP contribution in [0.25, 0.3) is 0 Å². The Morgan fingerprint density at radius 1 is 1.42 bits per heavy atom. The van der Waals surface area contributed by atoms with E-state index in [9.17, 15) is 14.9 Å². The Morgan fingerprint density at radius 2 is 2.05 bits per heavy atom. The normalized spacial score (nSPS) is 21.3. The first-order chi connectivity index (χ1) is 9.03. The Morgan fingerprint density at radius 3 is 2.58 bits per heavy atom. The number of rotatable bonds is 4. The fraction of sp³-hybridized carbons (Fsp3) is 0.417. The second-order valence-electron chi connectivity index (χ2n) is 3.52. The minimum Gasteiger partial charge on any atom is -0.464 e. The van der Waals surface area contributed by atoms with Crippen LogP contribution in [-0.2, 0) is 23.8 Å². The monoisotopic (exact) mass is 266 g/mol. The highest BCUT2D eigenvalue weighted by Crippen LogP contribution is 2.35. The molecule has 2 N–H and O–H groups in total. The van der Waals surface area contributed by atoms with Crippen molar-refractivity contribution in [2.45, 2.75) is 13.8 Å². The van der Waals surface area contributed by atoms with Crippen molar-refractivity contribution < 1.29 is 23.8 Å². The molecular formula is C12H14N2O5. The van der Waals surface area contributed by atoms with Crippen LogP contribution in [0.2, 0.25) is 0 Å². The molecule has 0 aliphatic carbocycles. The van der Waals surface area contributed by atoms with Crippen molar-refractivity contribution in [1.29, 1.82) is 5.26 Å². The van der Waals surface area contributed by atoms with Crippen molar-refractivity contribution in [2.75, 3.05) is 13.2 Å². The average Bonchev–Trinajstić information content (AvgIpc) is 2.38. The molecule has 1 heterocycles. The molecule has 0 saturated carbocycles. The fourth-order valence-electron chi connectivity index (χ4n) is 1.56. The fourth-order valence-corrected chi connectivity index (χ4v) is 1.56. The van der Waals surface area contributed by atoms with Crippen LogP contribution in [0.15, 0.2) is 23.8 Å². The summed E-state index contributed by atoms with van der Waals surface area (Å²) in [5, 5.41) is 9.29. The van der Waals surface area contributed by atoms with E-state index in [4.69, 9.17) is 19.9 Å². The second kappa shape index (κ2) is 5.91. The average molecular weight is 266 g/mol. The van der Waals surface area contributed by atoms with Crippen molar-refractivity contribution in [3.63, 3.8) is 0 Å². The summed E-state index contributed by atoms with van der Waals surface area (Å²) < 4.78 is 14.5. The number of carbonyl (C=O) groups excluding carboxylic acids is 2.